The molecule has 1 aromatic carbocycles. The summed E-state index contributed by atoms with van der Waals surface area (Å²) in [5, 5.41) is 0. The molecule has 5 heteroatoms. The fourth-order valence-corrected chi connectivity index (χ4v) is 3.88. The van der Waals surface area contributed by atoms with Crippen LogP contribution >= 0.6 is 0 Å². The van der Waals surface area contributed by atoms with Gasteiger partial charge in [-0.2, -0.15) is 0 Å². The summed E-state index contributed by atoms with van der Waals surface area (Å²) in [4.78, 5) is 0. The molecule has 0 bridgehead atoms. The Labute approximate surface area is 115 Å². The number of rotatable bonds is 6. The SMILES string of the molecule is CC(C1CC1)N(C)S(=O)(=O)Cc1ccccc1CN. The summed E-state index contributed by atoms with van der Waals surface area (Å²) in [5.74, 6) is 0.568. The van der Waals surface area contributed by atoms with E-state index in [0.29, 0.717) is 12.5 Å². The predicted molar refractivity (Wildman–Crippen MR) is 76.9 cm³/mol. The Balaban J connectivity index is 2.16. The highest BCUT2D eigenvalue weighted by Gasteiger charge is 2.35. The lowest BCUT2D eigenvalue weighted by Gasteiger charge is -2.24. The van der Waals surface area contributed by atoms with Gasteiger partial charge in [-0.25, -0.2) is 12.7 Å². The molecule has 106 valence electrons. The van der Waals surface area contributed by atoms with Crippen molar-refractivity contribution in [1.82, 2.24) is 4.31 Å². The van der Waals surface area contributed by atoms with Crippen LogP contribution in [0.4, 0.5) is 0 Å². The summed E-state index contributed by atoms with van der Waals surface area (Å²) in [6.07, 6.45) is 2.28. The third-order valence-electron chi connectivity index (χ3n) is 3.99. The van der Waals surface area contributed by atoms with Crippen molar-refractivity contribution in [3.8, 4) is 0 Å². The predicted octanol–water partition coefficient (Wildman–Crippen LogP) is 1.71. The van der Waals surface area contributed by atoms with Crippen molar-refractivity contribution in [2.75, 3.05) is 7.05 Å². The molecule has 1 aromatic rings. The third kappa shape index (κ3) is 3.35. The van der Waals surface area contributed by atoms with E-state index in [9.17, 15) is 8.42 Å². The molecule has 1 aliphatic carbocycles. The van der Waals surface area contributed by atoms with Gasteiger partial charge < -0.3 is 5.73 Å². The summed E-state index contributed by atoms with van der Waals surface area (Å²) in [6, 6.07) is 7.56. The van der Waals surface area contributed by atoms with E-state index in [2.05, 4.69) is 0 Å². The molecule has 1 saturated carbocycles. The molecular formula is C14H22N2O2S. The summed E-state index contributed by atoms with van der Waals surface area (Å²) in [7, 11) is -1.59. The molecule has 0 spiro atoms. The zero-order chi connectivity index (χ0) is 14.0. The Hall–Kier alpha value is -0.910. The minimum Gasteiger partial charge on any atom is -0.326 e. The average Bonchev–Trinajstić information content (AvgIpc) is 3.21. The first-order chi connectivity index (χ1) is 8.95. The molecule has 0 aliphatic heterocycles. The molecule has 0 radical (unpaired) electrons. The number of benzene rings is 1. The maximum absolute atomic E-state index is 12.4. The van der Waals surface area contributed by atoms with Crippen LogP contribution in [-0.2, 0) is 22.3 Å². The second-order valence-corrected chi connectivity index (χ2v) is 7.35. The van der Waals surface area contributed by atoms with E-state index in [4.69, 9.17) is 5.73 Å². The van der Waals surface area contributed by atoms with E-state index in [-0.39, 0.29) is 11.8 Å². The van der Waals surface area contributed by atoms with Gasteiger partial charge in [-0.1, -0.05) is 24.3 Å². The minimum atomic E-state index is -3.27. The monoisotopic (exact) mass is 282 g/mol. The van der Waals surface area contributed by atoms with Gasteiger partial charge in [0, 0.05) is 19.6 Å². The van der Waals surface area contributed by atoms with Gasteiger partial charge in [-0.3, -0.25) is 0 Å². The first-order valence-electron chi connectivity index (χ1n) is 6.68. The van der Waals surface area contributed by atoms with Crippen LogP contribution in [-0.4, -0.2) is 25.8 Å². The van der Waals surface area contributed by atoms with Crippen molar-refractivity contribution in [3.05, 3.63) is 35.4 Å². The topological polar surface area (TPSA) is 63.4 Å². The second-order valence-electron chi connectivity index (χ2n) is 5.32. The van der Waals surface area contributed by atoms with Crippen LogP contribution in [0.2, 0.25) is 0 Å². The van der Waals surface area contributed by atoms with E-state index in [1.807, 2.05) is 31.2 Å². The summed E-state index contributed by atoms with van der Waals surface area (Å²) in [5.41, 5.74) is 7.36. The molecule has 4 nitrogen and oxygen atoms in total. The zero-order valence-electron chi connectivity index (χ0n) is 11.5. The van der Waals surface area contributed by atoms with Crippen LogP contribution in [0.15, 0.2) is 24.3 Å². The largest absolute Gasteiger partial charge is 0.326 e. The van der Waals surface area contributed by atoms with Crippen molar-refractivity contribution >= 4 is 10.0 Å². The Morgan fingerprint density at radius 1 is 1.32 bits per heavy atom. The van der Waals surface area contributed by atoms with Crippen molar-refractivity contribution in [3.63, 3.8) is 0 Å². The molecule has 1 atom stereocenters. The fourth-order valence-electron chi connectivity index (χ4n) is 2.32. The van der Waals surface area contributed by atoms with Crippen LogP contribution in [0.25, 0.3) is 0 Å². The lowest BCUT2D eigenvalue weighted by molar-refractivity contribution is 0.356. The molecule has 2 rings (SSSR count). The van der Waals surface area contributed by atoms with Crippen LogP contribution in [0.5, 0.6) is 0 Å². The van der Waals surface area contributed by atoms with E-state index in [1.165, 1.54) is 4.31 Å². The Morgan fingerprint density at radius 2 is 1.89 bits per heavy atom. The fraction of sp³-hybridized carbons (Fsp3) is 0.571. The van der Waals surface area contributed by atoms with Crippen molar-refractivity contribution in [2.45, 2.75) is 38.1 Å². The Bertz CT molecular complexity index is 538. The first kappa shape index (κ1) is 14.5. The number of nitrogens with two attached hydrogens (primary N) is 1. The second kappa shape index (κ2) is 5.61. The lowest BCUT2D eigenvalue weighted by Crippen LogP contribution is -2.37. The third-order valence-corrected chi connectivity index (χ3v) is 5.88. The minimum absolute atomic E-state index is 0.0356. The number of nitrogens with zero attached hydrogens (tertiary/aromatic N) is 1. The average molecular weight is 282 g/mol. The number of sulfonamides is 1. The number of hydrogen-bond acceptors (Lipinski definition) is 3. The zero-order valence-corrected chi connectivity index (χ0v) is 12.4. The normalized spacial score (nSPS) is 17.7. The van der Waals surface area contributed by atoms with E-state index in [0.717, 1.165) is 24.0 Å². The highest BCUT2D eigenvalue weighted by Crippen LogP contribution is 2.35. The van der Waals surface area contributed by atoms with Crippen molar-refractivity contribution < 1.29 is 8.42 Å². The van der Waals surface area contributed by atoms with Crippen LogP contribution in [0.3, 0.4) is 0 Å². The van der Waals surface area contributed by atoms with E-state index in [1.54, 1.807) is 7.05 Å². The molecular weight excluding hydrogens is 260 g/mol. The molecule has 1 unspecified atom stereocenters. The van der Waals surface area contributed by atoms with Gasteiger partial charge in [0.15, 0.2) is 0 Å². The molecule has 19 heavy (non-hydrogen) atoms. The standard InChI is InChI=1S/C14H22N2O2S/c1-11(12-7-8-12)16(2)19(17,18)10-14-6-4-3-5-13(14)9-15/h3-6,11-12H,7-10,15H2,1-2H3. The molecule has 1 aliphatic rings. The molecule has 0 aromatic heterocycles. The molecule has 2 N–H and O–H groups in total. The van der Waals surface area contributed by atoms with E-state index < -0.39 is 10.0 Å². The van der Waals surface area contributed by atoms with Gasteiger partial charge in [0.05, 0.1) is 5.75 Å². The maximum Gasteiger partial charge on any atom is 0.218 e. The molecule has 0 amide bonds. The Morgan fingerprint density at radius 3 is 2.42 bits per heavy atom. The van der Waals surface area contributed by atoms with Gasteiger partial charge >= 0.3 is 0 Å². The van der Waals surface area contributed by atoms with Gasteiger partial charge in [0.1, 0.15) is 0 Å². The van der Waals surface area contributed by atoms with Gasteiger partial charge in [-0.15, -0.1) is 0 Å². The lowest BCUT2D eigenvalue weighted by atomic mass is 10.1. The van der Waals surface area contributed by atoms with Crippen LogP contribution in [0.1, 0.15) is 30.9 Å². The summed E-state index contributed by atoms with van der Waals surface area (Å²) in [6.45, 7) is 2.36. The Kier molecular flexibility index (Phi) is 4.28. The van der Waals surface area contributed by atoms with Gasteiger partial charge in [-0.05, 0) is 36.8 Å². The molecule has 1 fully saturated rings. The van der Waals surface area contributed by atoms with Crippen LogP contribution < -0.4 is 5.73 Å². The maximum atomic E-state index is 12.4. The smallest absolute Gasteiger partial charge is 0.218 e. The van der Waals surface area contributed by atoms with Crippen molar-refractivity contribution in [2.24, 2.45) is 11.7 Å². The number of hydrogen-bond donors (Lipinski definition) is 1. The quantitative estimate of drug-likeness (QED) is 0.864. The van der Waals surface area contributed by atoms with Gasteiger partial charge in [0.2, 0.25) is 10.0 Å². The summed E-state index contributed by atoms with van der Waals surface area (Å²) < 4.78 is 26.4. The van der Waals surface area contributed by atoms with E-state index >= 15 is 0 Å². The van der Waals surface area contributed by atoms with Crippen molar-refractivity contribution in [1.29, 1.82) is 0 Å². The molecule has 0 saturated heterocycles. The highest BCUT2D eigenvalue weighted by molar-refractivity contribution is 7.88. The van der Waals surface area contributed by atoms with Gasteiger partial charge in [0.25, 0.3) is 0 Å². The van der Waals surface area contributed by atoms with Crippen LogP contribution in [0, 0.1) is 5.92 Å². The molecule has 0 heterocycles. The highest BCUT2D eigenvalue weighted by atomic mass is 32.2. The first-order valence-corrected chi connectivity index (χ1v) is 8.29. The summed E-state index contributed by atoms with van der Waals surface area (Å²) >= 11 is 0.